The van der Waals surface area contributed by atoms with Crippen LogP contribution in [0.4, 0.5) is 9.59 Å². The van der Waals surface area contributed by atoms with Crippen molar-refractivity contribution in [3.05, 3.63) is 121 Å². The maximum absolute atomic E-state index is 14.2. The lowest BCUT2D eigenvalue weighted by molar-refractivity contribution is -0.135. The number of methoxy groups -OCH3 is 1. The number of rotatable bonds is 13. The molecule has 3 aliphatic heterocycles. The number of hydrogen-bond acceptors (Lipinski definition) is 9. The van der Waals surface area contributed by atoms with Crippen LogP contribution in [0.2, 0.25) is 0 Å². The van der Waals surface area contributed by atoms with Gasteiger partial charge >= 0.3 is 12.2 Å². The fourth-order valence-electron chi connectivity index (χ4n) is 9.36. The standard InChI is InChI=1S/C52H56N8O7/c1-6-7-8-11-31(4)45(58-52(64)67-38-28-66-29-38)50(62)59-22-9-12-42(59)47-53-27-41(55-47)37-17-16-33-24-32(14-15-34(33)26-37)35-18-20-39-36(25-35)19-21-40-46(39)56-48(54-40)43-13-10-23-60(43)49(61)44(30(2)3)57-51(63)65-5/h6-8,11,14-21,24-27,30,38,42-45H,4,9-10,12-13,22-23,28-29H2,1-3,5H3,(H,53,55)(H,54,56)(H,57,63)(H,58,64)/b7-6-,11-8-/t42-,43-,44-,45+/m0/s1. The molecule has 0 spiro atoms. The zero-order chi connectivity index (χ0) is 46.8. The third-order valence-electron chi connectivity index (χ3n) is 13.0. The Hall–Kier alpha value is -7.26. The lowest BCUT2D eigenvalue weighted by Crippen LogP contribution is -2.51. The molecule has 0 bridgehead atoms. The van der Waals surface area contributed by atoms with Crippen LogP contribution in [0.1, 0.15) is 70.2 Å². The minimum atomic E-state index is -1.01. The van der Waals surface area contributed by atoms with Gasteiger partial charge in [-0.05, 0) is 95.6 Å². The number of carbonyl (C=O) groups excluding carboxylic acids is 4. The Kier molecular flexibility index (Phi) is 12.9. The molecule has 0 aliphatic carbocycles. The Balaban J connectivity index is 0.906. The van der Waals surface area contributed by atoms with Crippen molar-refractivity contribution in [3.8, 4) is 22.4 Å². The van der Waals surface area contributed by atoms with Crippen LogP contribution in [0.3, 0.4) is 0 Å². The zero-order valence-corrected chi connectivity index (χ0v) is 38.2. The molecule has 4 aromatic carbocycles. The molecular weight excluding hydrogens is 849 g/mol. The molecule has 2 aromatic heterocycles. The molecule has 0 unspecified atom stereocenters. The van der Waals surface area contributed by atoms with E-state index in [0.717, 1.165) is 86.5 Å². The first-order chi connectivity index (χ1) is 32.5. The molecular formula is C52H56N8O7. The van der Waals surface area contributed by atoms with Crippen LogP contribution in [-0.2, 0) is 23.8 Å². The van der Waals surface area contributed by atoms with Crippen molar-refractivity contribution in [2.75, 3.05) is 33.4 Å². The number of aromatic amines is 2. The highest BCUT2D eigenvalue weighted by Gasteiger charge is 2.39. The second kappa shape index (κ2) is 19.3. The van der Waals surface area contributed by atoms with E-state index >= 15 is 0 Å². The van der Waals surface area contributed by atoms with Crippen molar-refractivity contribution in [1.29, 1.82) is 0 Å². The summed E-state index contributed by atoms with van der Waals surface area (Å²) < 4.78 is 15.4. The van der Waals surface area contributed by atoms with Crippen molar-refractivity contribution in [3.63, 3.8) is 0 Å². The van der Waals surface area contributed by atoms with E-state index in [4.69, 9.17) is 24.2 Å². The van der Waals surface area contributed by atoms with Crippen molar-refractivity contribution in [1.82, 2.24) is 40.4 Å². The van der Waals surface area contributed by atoms with E-state index in [1.54, 1.807) is 17.1 Å². The predicted molar refractivity (Wildman–Crippen MR) is 257 cm³/mol. The number of H-pyrrole nitrogens is 2. The van der Waals surface area contributed by atoms with Crippen LogP contribution in [0.5, 0.6) is 0 Å². The van der Waals surface area contributed by atoms with E-state index in [0.29, 0.717) is 37.7 Å². The van der Waals surface area contributed by atoms with Gasteiger partial charge in [0, 0.05) is 24.0 Å². The van der Waals surface area contributed by atoms with Crippen LogP contribution >= 0.6 is 0 Å². The summed E-state index contributed by atoms with van der Waals surface area (Å²) in [6.45, 7) is 11.6. The topological polar surface area (TPSA) is 184 Å². The number of imidazole rings is 2. The molecule has 9 rings (SSSR count). The smallest absolute Gasteiger partial charge is 0.408 e. The number of alkyl carbamates (subject to hydrolysis) is 2. The van der Waals surface area contributed by atoms with Gasteiger partial charge in [0.05, 0.1) is 55.3 Å². The van der Waals surface area contributed by atoms with Crippen LogP contribution < -0.4 is 10.6 Å². The van der Waals surface area contributed by atoms with Gasteiger partial charge in [0.2, 0.25) is 5.91 Å². The maximum atomic E-state index is 14.2. The van der Waals surface area contributed by atoms with Crippen molar-refractivity contribution < 1.29 is 33.4 Å². The van der Waals surface area contributed by atoms with Crippen LogP contribution in [0.25, 0.3) is 55.0 Å². The van der Waals surface area contributed by atoms with Gasteiger partial charge in [0.15, 0.2) is 6.10 Å². The minimum Gasteiger partial charge on any atom is -0.453 e. The molecule has 3 fully saturated rings. The summed E-state index contributed by atoms with van der Waals surface area (Å²) in [5.74, 6) is 0.885. The Morgan fingerprint density at radius 3 is 2.15 bits per heavy atom. The normalized spacial score (nSPS) is 18.6. The maximum Gasteiger partial charge on any atom is 0.408 e. The lowest BCUT2D eigenvalue weighted by atomic mass is 9.97. The van der Waals surface area contributed by atoms with Gasteiger partial charge in [-0.25, -0.2) is 19.6 Å². The van der Waals surface area contributed by atoms with Crippen molar-refractivity contribution >= 4 is 56.6 Å². The van der Waals surface area contributed by atoms with E-state index in [-0.39, 0.29) is 35.9 Å². The highest BCUT2D eigenvalue weighted by atomic mass is 16.6. The lowest BCUT2D eigenvalue weighted by Gasteiger charge is -2.30. The average molecular weight is 905 g/mol. The Morgan fingerprint density at radius 2 is 1.46 bits per heavy atom. The van der Waals surface area contributed by atoms with Gasteiger partial charge < -0.3 is 44.6 Å². The molecule has 4 N–H and O–H groups in total. The van der Waals surface area contributed by atoms with Crippen LogP contribution in [0, 0.1) is 5.92 Å². The molecule has 67 heavy (non-hydrogen) atoms. The van der Waals surface area contributed by atoms with Gasteiger partial charge in [-0.1, -0.05) is 87.2 Å². The van der Waals surface area contributed by atoms with Crippen LogP contribution in [0.15, 0.2) is 109 Å². The van der Waals surface area contributed by atoms with E-state index in [9.17, 15) is 19.2 Å². The molecule has 15 heteroatoms. The number of ether oxygens (including phenoxy) is 3. The monoisotopic (exact) mass is 904 g/mol. The molecule has 3 aliphatic rings. The predicted octanol–water partition coefficient (Wildman–Crippen LogP) is 8.82. The van der Waals surface area contributed by atoms with E-state index in [1.165, 1.54) is 7.11 Å². The Bertz CT molecular complexity index is 2930. The van der Waals surface area contributed by atoms with Gasteiger partial charge in [-0.15, -0.1) is 0 Å². The molecule has 346 valence electrons. The van der Waals surface area contributed by atoms with Crippen LogP contribution in [-0.4, -0.2) is 105 Å². The summed E-state index contributed by atoms with van der Waals surface area (Å²) in [5, 5.41) is 9.70. The fraction of sp³-hybridized carbons (Fsp3) is 0.346. The summed E-state index contributed by atoms with van der Waals surface area (Å²) in [5.41, 5.74) is 6.16. The van der Waals surface area contributed by atoms with Gasteiger partial charge in [-0.2, -0.15) is 0 Å². The summed E-state index contributed by atoms with van der Waals surface area (Å²) in [7, 11) is 1.29. The number of carbonyl (C=O) groups is 4. The average Bonchev–Trinajstić information content (AvgIpc) is 4.17. The second-order valence-electron chi connectivity index (χ2n) is 17.8. The van der Waals surface area contributed by atoms with Gasteiger partial charge in [0.1, 0.15) is 23.7 Å². The number of allylic oxidation sites excluding steroid dienone is 3. The second-order valence-corrected chi connectivity index (χ2v) is 17.8. The minimum absolute atomic E-state index is 0.117. The number of nitrogens with zero attached hydrogens (tertiary/aromatic N) is 4. The number of amides is 4. The molecule has 0 radical (unpaired) electrons. The number of aromatic nitrogens is 4. The Morgan fingerprint density at radius 1 is 0.806 bits per heavy atom. The molecule has 3 saturated heterocycles. The zero-order valence-electron chi connectivity index (χ0n) is 38.2. The summed E-state index contributed by atoms with van der Waals surface area (Å²) >= 11 is 0. The highest BCUT2D eigenvalue weighted by molar-refractivity contribution is 6.06. The fourth-order valence-corrected chi connectivity index (χ4v) is 9.36. The van der Waals surface area contributed by atoms with Gasteiger partial charge in [0.25, 0.3) is 5.91 Å². The summed E-state index contributed by atoms with van der Waals surface area (Å²) in [6.07, 6.45) is 10.5. The SMILES string of the molecule is C=C(/C=C\C=C/C)[C@@H](NC(=O)OC1COC1)C(=O)N1CCC[C@H]1c1ncc(-c2ccc3cc(-c4ccc5c(ccc6[nH]c([C@@H]7CCCN7C(=O)[C@@H](NC(=O)OC)C(C)C)nc65)c4)ccc3c2)[nH]1. The molecule has 4 amide bonds. The number of likely N-dealkylation sites (tertiary alicyclic amines) is 2. The summed E-state index contributed by atoms with van der Waals surface area (Å²) in [6, 6.07) is 21.1. The van der Waals surface area contributed by atoms with E-state index in [1.807, 2.05) is 50.1 Å². The number of fused-ring (bicyclic) bond motifs is 4. The molecule has 0 saturated carbocycles. The quantitative estimate of drug-likeness (QED) is 0.0823. The number of nitrogens with one attached hydrogen (secondary N) is 4. The summed E-state index contributed by atoms with van der Waals surface area (Å²) in [4.78, 5) is 73.3. The highest BCUT2D eigenvalue weighted by Crippen LogP contribution is 2.37. The molecule has 5 heterocycles. The molecule has 4 atom stereocenters. The number of benzene rings is 4. The van der Waals surface area contributed by atoms with Crippen molar-refractivity contribution in [2.45, 2.75) is 76.7 Å². The first kappa shape index (κ1) is 44.9. The van der Waals surface area contributed by atoms with E-state index < -0.39 is 24.3 Å². The van der Waals surface area contributed by atoms with E-state index in [2.05, 4.69) is 87.8 Å². The molecule has 15 nitrogen and oxygen atoms in total. The third kappa shape index (κ3) is 9.28. The first-order valence-electron chi connectivity index (χ1n) is 23.0. The Labute approximate surface area is 388 Å². The third-order valence-corrected chi connectivity index (χ3v) is 13.0. The largest absolute Gasteiger partial charge is 0.453 e. The number of hydrogen-bond donors (Lipinski definition) is 4. The van der Waals surface area contributed by atoms with Gasteiger partial charge in [-0.3, -0.25) is 9.59 Å². The molecule has 6 aromatic rings. The first-order valence-corrected chi connectivity index (χ1v) is 23.0. The van der Waals surface area contributed by atoms with Crippen molar-refractivity contribution in [2.24, 2.45) is 5.92 Å².